The number of piperazine rings is 1. The maximum atomic E-state index is 11.7. The van der Waals surface area contributed by atoms with E-state index in [1.165, 1.54) is 16.9 Å². The molecule has 11 heteroatoms. The highest BCUT2D eigenvalue weighted by Crippen LogP contribution is 2.30. The largest absolute Gasteiger partial charge is 0.488 e. The lowest BCUT2D eigenvalue weighted by atomic mass is 10.1. The number of aliphatic hydroxyl groups is 1. The fraction of sp³-hybridized carbons (Fsp3) is 0.450. The molecule has 10 nitrogen and oxygen atoms in total. The van der Waals surface area contributed by atoms with Crippen LogP contribution >= 0.6 is 0 Å². The van der Waals surface area contributed by atoms with E-state index in [4.69, 9.17) is 4.74 Å². The number of nitrogens with zero attached hydrogens (tertiary/aromatic N) is 5. The van der Waals surface area contributed by atoms with Crippen molar-refractivity contribution in [2.75, 3.05) is 43.9 Å². The molecule has 1 aliphatic heterocycles. The predicted octanol–water partition coefficient (Wildman–Crippen LogP) is 1.25. The standard InChI is InChI=1S/C20H26N6O4S/c1-3-14(12-27)30-15-4-5-17-16(10-15)20(24-23-17)18-11-19(22-13-21-18)25-6-8-26(9-7-25)31(2,28)29/h4-5,10-11,13-14,27H,3,6-9,12H2,1-2H3,(H,23,24). The molecule has 1 aliphatic rings. The molecule has 3 heterocycles. The molecule has 2 N–H and O–H groups in total. The second kappa shape index (κ2) is 8.77. The van der Waals surface area contributed by atoms with E-state index in [1.54, 1.807) is 0 Å². The number of rotatable bonds is 7. The summed E-state index contributed by atoms with van der Waals surface area (Å²) in [6.45, 7) is 3.88. The molecule has 0 amide bonds. The number of aromatic amines is 1. The molecule has 0 aliphatic carbocycles. The molecule has 4 rings (SSSR count). The predicted molar refractivity (Wildman–Crippen MR) is 118 cm³/mol. The van der Waals surface area contributed by atoms with Crippen molar-refractivity contribution in [1.29, 1.82) is 0 Å². The SMILES string of the molecule is CCC(CO)Oc1ccc2[nH]nc(-c3cc(N4CCN(S(C)(=O)=O)CC4)ncn3)c2c1. The minimum atomic E-state index is -3.18. The molecule has 0 spiro atoms. The highest BCUT2D eigenvalue weighted by Gasteiger charge is 2.24. The molecule has 2 aromatic heterocycles. The van der Waals surface area contributed by atoms with E-state index in [9.17, 15) is 13.5 Å². The van der Waals surface area contributed by atoms with Crippen LogP contribution in [0, 0.1) is 0 Å². The molecule has 166 valence electrons. The number of hydrogen-bond donors (Lipinski definition) is 2. The highest BCUT2D eigenvalue weighted by atomic mass is 32.2. The highest BCUT2D eigenvalue weighted by molar-refractivity contribution is 7.88. The summed E-state index contributed by atoms with van der Waals surface area (Å²) in [5, 5.41) is 17.7. The maximum Gasteiger partial charge on any atom is 0.211 e. The van der Waals surface area contributed by atoms with E-state index < -0.39 is 10.0 Å². The number of hydrogen-bond acceptors (Lipinski definition) is 8. The van der Waals surface area contributed by atoms with Gasteiger partial charge in [-0.2, -0.15) is 9.40 Å². The number of aromatic nitrogens is 4. The minimum Gasteiger partial charge on any atom is -0.488 e. The van der Waals surface area contributed by atoms with Gasteiger partial charge in [-0.15, -0.1) is 0 Å². The normalized spacial score (nSPS) is 16.5. The average Bonchev–Trinajstić information content (AvgIpc) is 3.20. The fourth-order valence-corrected chi connectivity index (χ4v) is 4.43. The maximum absolute atomic E-state index is 11.7. The van der Waals surface area contributed by atoms with Gasteiger partial charge in [0.1, 0.15) is 29.7 Å². The number of anilines is 1. The van der Waals surface area contributed by atoms with Crippen molar-refractivity contribution in [3.8, 4) is 17.1 Å². The van der Waals surface area contributed by atoms with Crippen molar-refractivity contribution < 1.29 is 18.3 Å². The summed E-state index contributed by atoms with van der Waals surface area (Å²) in [6.07, 6.45) is 3.17. The van der Waals surface area contributed by atoms with E-state index in [1.807, 2.05) is 36.1 Å². The van der Waals surface area contributed by atoms with Gasteiger partial charge < -0.3 is 14.7 Å². The van der Waals surface area contributed by atoms with Gasteiger partial charge in [-0.1, -0.05) is 6.92 Å². The third-order valence-corrected chi connectivity index (χ3v) is 6.73. The molecular weight excluding hydrogens is 420 g/mol. The van der Waals surface area contributed by atoms with Gasteiger partial charge in [-0.3, -0.25) is 5.10 Å². The minimum absolute atomic E-state index is 0.0470. The summed E-state index contributed by atoms with van der Waals surface area (Å²) in [7, 11) is -3.18. The number of nitrogens with one attached hydrogen (secondary N) is 1. The Balaban J connectivity index is 1.59. The van der Waals surface area contributed by atoms with Gasteiger partial charge in [0.15, 0.2) is 0 Å². The van der Waals surface area contributed by atoms with Crippen LogP contribution in [0.5, 0.6) is 5.75 Å². The van der Waals surface area contributed by atoms with Gasteiger partial charge in [0, 0.05) is 37.6 Å². The Morgan fingerprint density at radius 3 is 2.65 bits per heavy atom. The van der Waals surface area contributed by atoms with E-state index in [0.717, 1.165) is 16.7 Å². The van der Waals surface area contributed by atoms with Crippen molar-refractivity contribution in [1.82, 2.24) is 24.5 Å². The summed E-state index contributed by atoms with van der Waals surface area (Å²) in [5.41, 5.74) is 2.19. The van der Waals surface area contributed by atoms with Crippen LogP contribution in [-0.4, -0.2) is 83.1 Å². The lowest BCUT2D eigenvalue weighted by molar-refractivity contribution is 0.113. The van der Waals surface area contributed by atoms with Crippen LogP contribution in [0.3, 0.4) is 0 Å². The zero-order chi connectivity index (χ0) is 22.0. The number of benzene rings is 1. The van der Waals surface area contributed by atoms with Crippen molar-refractivity contribution >= 4 is 26.7 Å². The first-order valence-electron chi connectivity index (χ1n) is 10.2. The average molecular weight is 447 g/mol. The number of H-pyrrole nitrogens is 1. The van der Waals surface area contributed by atoms with Crippen LogP contribution in [0.1, 0.15) is 13.3 Å². The van der Waals surface area contributed by atoms with Crippen LogP contribution < -0.4 is 9.64 Å². The topological polar surface area (TPSA) is 125 Å². The quantitative estimate of drug-likeness (QED) is 0.556. The smallest absolute Gasteiger partial charge is 0.211 e. The third kappa shape index (κ3) is 4.63. The summed E-state index contributed by atoms with van der Waals surface area (Å²) in [5.74, 6) is 1.38. The van der Waals surface area contributed by atoms with Gasteiger partial charge in [-0.25, -0.2) is 18.4 Å². The Labute approximate surface area is 180 Å². The van der Waals surface area contributed by atoms with Crippen LogP contribution in [-0.2, 0) is 10.0 Å². The van der Waals surface area contributed by atoms with Crippen LogP contribution in [0.15, 0.2) is 30.6 Å². The second-order valence-electron chi connectivity index (χ2n) is 7.52. The molecule has 1 saturated heterocycles. The van der Waals surface area contributed by atoms with Crippen LogP contribution in [0.4, 0.5) is 5.82 Å². The van der Waals surface area contributed by atoms with E-state index in [-0.39, 0.29) is 12.7 Å². The molecule has 0 saturated carbocycles. The lowest BCUT2D eigenvalue weighted by Crippen LogP contribution is -2.48. The summed E-state index contributed by atoms with van der Waals surface area (Å²) in [4.78, 5) is 10.8. The number of aliphatic hydroxyl groups excluding tert-OH is 1. The Bertz CT molecular complexity index is 1150. The molecule has 3 aromatic rings. The van der Waals surface area contributed by atoms with Crippen LogP contribution in [0.2, 0.25) is 0 Å². The number of fused-ring (bicyclic) bond motifs is 1. The summed E-state index contributed by atoms with van der Waals surface area (Å²) < 4.78 is 30.8. The molecule has 0 bridgehead atoms. The summed E-state index contributed by atoms with van der Waals surface area (Å²) in [6, 6.07) is 7.48. The zero-order valence-electron chi connectivity index (χ0n) is 17.5. The Hall–Kier alpha value is -2.76. The van der Waals surface area contributed by atoms with Gasteiger partial charge in [0.2, 0.25) is 10.0 Å². The number of sulfonamides is 1. The number of ether oxygens (including phenoxy) is 1. The monoisotopic (exact) mass is 446 g/mol. The summed E-state index contributed by atoms with van der Waals surface area (Å²) >= 11 is 0. The van der Waals surface area contributed by atoms with Gasteiger partial charge >= 0.3 is 0 Å². The Morgan fingerprint density at radius 2 is 1.97 bits per heavy atom. The van der Waals surface area contributed by atoms with Crippen LogP contribution in [0.25, 0.3) is 22.3 Å². The van der Waals surface area contributed by atoms with Crippen molar-refractivity contribution in [2.45, 2.75) is 19.4 Å². The lowest BCUT2D eigenvalue weighted by Gasteiger charge is -2.33. The third-order valence-electron chi connectivity index (χ3n) is 5.42. The molecule has 1 unspecified atom stereocenters. The van der Waals surface area contributed by atoms with Crippen molar-refractivity contribution in [2.24, 2.45) is 0 Å². The first-order chi connectivity index (χ1) is 14.9. The van der Waals surface area contributed by atoms with E-state index in [0.29, 0.717) is 49.7 Å². The van der Waals surface area contributed by atoms with Crippen molar-refractivity contribution in [3.05, 3.63) is 30.6 Å². The molecule has 1 fully saturated rings. The molecule has 31 heavy (non-hydrogen) atoms. The van der Waals surface area contributed by atoms with Gasteiger partial charge in [0.25, 0.3) is 0 Å². The second-order valence-corrected chi connectivity index (χ2v) is 9.50. The van der Waals surface area contributed by atoms with Gasteiger partial charge in [-0.05, 0) is 24.6 Å². The molecular formula is C20H26N6O4S. The zero-order valence-corrected chi connectivity index (χ0v) is 18.3. The van der Waals surface area contributed by atoms with E-state index >= 15 is 0 Å². The molecule has 1 aromatic carbocycles. The first kappa shape index (κ1) is 21.5. The fourth-order valence-electron chi connectivity index (χ4n) is 3.60. The van der Waals surface area contributed by atoms with Gasteiger partial charge in [0.05, 0.1) is 24.1 Å². The molecule has 0 radical (unpaired) electrons. The molecule has 1 atom stereocenters. The van der Waals surface area contributed by atoms with E-state index in [2.05, 4.69) is 20.2 Å². The Morgan fingerprint density at radius 1 is 1.19 bits per heavy atom. The Kier molecular flexibility index (Phi) is 6.08. The van der Waals surface area contributed by atoms with Crippen molar-refractivity contribution in [3.63, 3.8) is 0 Å². The first-order valence-corrected chi connectivity index (χ1v) is 12.0.